The highest BCUT2D eigenvalue weighted by molar-refractivity contribution is 6.35. The first kappa shape index (κ1) is 25.9. The number of benzene rings is 3. The first-order valence-corrected chi connectivity index (χ1v) is 13.3. The Morgan fingerprint density at radius 2 is 1.27 bits per heavy atom. The number of halogens is 4. The van der Waals surface area contributed by atoms with Crippen LogP contribution >= 0.6 is 46.4 Å². The Bertz CT molecular complexity index is 1570. The van der Waals surface area contributed by atoms with E-state index in [1.807, 2.05) is 4.90 Å². The van der Waals surface area contributed by atoms with Crippen molar-refractivity contribution >= 4 is 68.8 Å². The van der Waals surface area contributed by atoms with Crippen molar-refractivity contribution in [3.05, 3.63) is 100 Å². The van der Waals surface area contributed by atoms with Gasteiger partial charge >= 0.3 is 5.69 Å². The topological polar surface area (TPSA) is 73.3 Å². The molecule has 1 aromatic heterocycles. The van der Waals surface area contributed by atoms with Crippen molar-refractivity contribution in [2.75, 3.05) is 18.0 Å². The van der Waals surface area contributed by atoms with Crippen LogP contribution in [0.3, 0.4) is 0 Å². The second-order valence-corrected chi connectivity index (χ2v) is 10.7. The number of hydrogen-bond donors (Lipinski definition) is 0. The third-order valence-corrected chi connectivity index (χ3v) is 7.87. The fourth-order valence-corrected chi connectivity index (χ4v) is 5.76. The van der Waals surface area contributed by atoms with Crippen molar-refractivity contribution < 1.29 is 4.92 Å². The molecule has 3 aromatic carbocycles. The van der Waals surface area contributed by atoms with Crippen LogP contribution in [0.1, 0.15) is 30.4 Å². The van der Waals surface area contributed by atoms with Crippen molar-refractivity contribution in [3.8, 4) is 0 Å². The lowest BCUT2D eigenvalue weighted by atomic mass is 10.1. The summed E-state index contributed by atoms with van der Waals surface area (Å²) in [7, 11) is 0. The molecule has 7 nitrogen and oxygen atoms in total. The number of imidazole rings is 1. The molecule has 2 heterocycles. The van der Waals surface area contributed by atoms with Crippen molar-refractivity contribution in [2.45, 2.75) is 32.4 Å². The minimum absolute atomic E-state index is 0.0352. The molecule has 1 aliphatic rings. The molecule has 0 saturated carbocycles. The van der Waals surface area contributed by atoms with E-state index < -0.39 is 0 Å². The lowest BCUT2D eigenvalue weighted by molar-refractivity contribution is -0.384. The predicted molar refractivity (Wildman–Crippen MR) is 150 cm³/mol. The fourth-order valence-electron chi connectivity index (χ4n) is 4.82. The van der Waals surface area contributed by atoms with E-state index >= 15 is 0 Å². The molecule has 0 bridgehead atoms. The number of piperidine rings is 1. The molecule has 1 aliphatic heterocycles. The van der Waals surface area contributed by atoms with Crippen molar-refractivity contribution in [1.29, 1.82) is 0 Å². The normalized spacial score (nSPS) is 13.9. The maximum Gasteiger partial charge on any atom is 0.329 e. The summed E-state index contributed by atoms with van der Waals surface area (Å²) in [5, 5.41) is 13.9. The van der Waals surface area contributed by atoms with E-state index in [1.165, 1.54) is 10.6 Å². The van der Waals surface area contributed by atoms with Crippen LogP contribution in [0.15, 0.2) is 53.3 Å². The molecule has 0 aliphatic carbocycles. The summed E-state index contributed by atoms with van der Waals surface area (Å²) < 4.78 is 3.09. The molecule has 0 radical (unpaired) electrons. The summed E-state index contributed by atoms with van der Waals surface area (Å²) in [6.45, 7) is 1.73. The summed E-state index contributed by atoms with van der Waals surface area (Å²) in [5.74, 6) is 0. The minimum Gasteiger partial charge on any atom is -0.366 e. The van der Waals surface area contributed by atoms with Crippen LogP contribution in [0.2, 0.25) is 20.1 Å². The standard InChI is InChI=1S/C26H22Cl4N4O3/c27-18-6-4-16(20(29)10-18)14-32-23-12-22(31-8-2-1-3-9-31)25(34(36)37)13-24(23)33(26(32)35)15-17-5-7-19(28)11-21(17)30/h4-7,10-13H,1-3,8-9,14-15H2. The van der Waals surface area contributed by atoms with Crippen LogP contribution in [-0.2, 0) is 13.1 Å². The van der Waals surface area contributed by atoms with Gasteiger partial charge in [0.2, 0.25) is 0 Å². The number of nitro benzene ring substituents is 1. The van der Waals surface area contributed by atoms with Crippen LogP contribution < -0.4 is 10.6 Å². The van der Waals surface area contributed by atoms with Gasteiger partial charge < -0.3 is 4.90 Å². The fraction of sp³-hybridized carbons (Fsp3) is 0.269. The Balaban J connectivity index is 1.73. The summed E-state index contributed by atoms with van der Waals surface area (Å²) >= 11 is 25.0. The summed E-state index contributed by atoms with van der Waals surface area (Å²) in [6, 6.07) is 13.4. The number of fused-ring (bicyclic) bond motifs is 1. The molecular weight excluding hydrogens is 558 g/mol. The number of nitrogens with zero attached hydrogens (tertiary/aromatic N) is 4. The molecule has 0 atom stereocenters. The van der Waals surface area contributed by atoms with E-state index in [1.54, 1.807) is 47.0 Å². The maximum atomic E-state index is 13.8. The van der Waals surface area contributed by atoms with Gasteiger partial charge in [-0.2, -0.15) is 0 Å². The molecule has 192 valence electrons. The van der Waals surface area contributed by atoms with Gasteiger partial charge in [0.05, 0.1) is 29.0 Å². The lowest BCUT2D eigenvalue weighted by Gasteiger charge is -2.28. The van der Waals surface area contributed by atoms with Gasteiger partial charge in [-0.15, -0.1) is 0 Å². The Labute approximate surface area is 232 Å². The molecule has 0 spiro atoms. The maximum absolute atomic E-state index is 13.8. The van der Waals surface area contributed by atoms with Gasteiger partial charge in [-0.3, -0.25) is 19.2 Å². The van der Waals surface area contributed by atoms with E-state index in [0.717, 1.165) is 32.4 Å². The zero-order valence-corrected chi connectivity index (χ0v) is 22.6. The third-order valence-electron chi connectivity index (χ3n) is 6.70. The number of hydrogen-bond acceptors (Lipinski definition) is 4. The third kappa shape index (κ3) is 5.18. The van der Waals surface area contributed by atoms with Gasteiger partial charge in [-0.25, -0.2) is 4.79 Å². The second-order valence-electron chi connectivity index (χ2n) is 9.06. The number of nitro groups is 1. The van der Waals surface area contributed by atoms with Crippen LogP contribution in [0.5, 0.6) is 0 Å². The highest BCUT2D eigenvalue weighted by Gasteiger charge is 2.26. The van der Waals surface area contributed by atoms with Crippen LogP contribution in [0.4, 0.5) is 11.4 Å². The zero-order valence-electron chi connectivity index (χ0n) is 19.6. The Kier molecular flexibility index (Phi) is 7.41. The van der Waals surface area contributed by atoms with Gasteiger partial charge in [-0.1, -0.05) is 58.5 Å². The highest BCUT2D eigenvalue weighted by atomic mass is 35.5. The summed E-state index contributed by atoms with van der Waals surface area (Å²) in [6.07, 6.45) is 3.00. The van der Waals surface area contributed by atoms with Gasteiger partial charge in [-0.05, 0) is 60.7 Å². The number of aromatic nitrogens is 2. The molecule has 1 fully saturated rings. The average Bonchev–Trinajstić information content (AvgIpc) is 3.12. The molecule has 1 saturated heterocycles. The van der Waals surface area contributed by atoms with Crippen LogP contribution in [-0.4, -0.2) is 27.1 Å². The zero-order chi connectivity index (χ0) is 26.3. The molecule has 0 N–H and O–H groups in total. The van der Waals surface area contributed by atoms with E-state index in [4.69, 9.17) is 46.4 Å². The second kappa shape index (κ2) is 10.6. The van der Waals surface area contributed by atoms with Gasteiger partial charge in [0, 0.05) is 39.2 Å². The molecule has 5 rings (SSSR count). The predicted octanol–water partition coefficient (Wildman–Crippen LogP) is 7.41. The largest absolute Gasteiger partial charge is 0.366 e. The van der Waals surface area contributed by atoms with Gasteiger partial charge in [0.15, 0.2) is 0 Å². The SMILES string of the molecule is O=c1n(Cc2ccc(Cl)cc2Cl)c2cc(N3CCCCC3)c([N+](=O)[O-])cc2n1Cc1ccc(Cl)cc1Cl. The minimum atomic E-state index is -0.388. The van der Waals surface area contributed by atoms with Crippen molar-refractivity contribution in [3.63, 3.8) is 0 Å². The van der Waals surface area contributed by atoms with E-state index in [9.17, 15) is 14.9 Å². The molecule has 0 unspecified atom stereocenters. The van der Waals surface area contributed by atoms with Gasteiger partial charge in [0.1, 0.15) is 5.69 Å². The van der Waals surface area contributed by atoms with E-state index in [2.05, 4.69) is 0 Å². The lowest BCUT2D eigenvalue weighted by Crippen LogP contribution is -2.30. The molecule has 11 heteroatoms. The first-order valence-electron chi connectivity index (χ1n) is 11.8. The van der Waals surface area contributed by atoms with Crippen molar-refractivity contribution in [1.82, 2.24) is 9.13 Å². The summed E-state index contributed by atoms with van der Waals surface area (Å²) in [5.41, 5.74) is 2.52. The number of anilines is 1. The average molecular weight is 580 g/mol. The molecular formula is C26H22Cl4N4O3. The quantitative estimate of drug-likeness (QED) is 0.176. The van der Waals surface area contributed by atoms with E-state index in [-0.39, 0.29) is 29.4 Å². The van der Waals surface area contributed by atoms with Crippen LogP contribution in [0.25, 0.3) is 11.0 Å². The highest BCUT2D eigenvalue weighted by Crippen LogP contribution is 2.35. The Morgan fingerprint density at radius 1 is 0.757 bits per heavy atom. The Hall–Kier alpha value is -2.71. The molecule has 37 heavy (non-hydrogen) atoms. The molecule has 4 aromatic rings. The smallest absolute Gasteiger partial charge is 0.329 e. The first-order chi connectivity index (χ1) is 17.7. The summed E-state index contributed by atoms with van der Waals surface area (Å²) in [4.78, 5) is 27.6. The monoisotopic (exact) mass is 578 g/mol. The van der Waals surface area contributed by atoms with Gasteiger partial charge in [0.25, 0.3) is 5.69 Å². The van der Waals surface area contributed by atoms with Crippen LogP contribution in [0, 0.1) is 10.1 Å². The number of rotatable bonds is 6. The van der Waals surface area contributed by atoms with E-state index in [0.29, 0.717) is 47.9 Å². The molecule has 0 amide bonds. The van der Waals surface area contributed by atoms with Crippen molar-refractivity contribution in [2.24, 2.45) is 0 Å². The Morgan fingerprint density at radius 3 is 1.76 bits per heavy atom.